The van der Waals surface area contributed by atoms with E-state index in [0.717, 1.165) is 30.2 Å². The average molecular weight is 554 g/mol. The number of para-hydroxylation sites is 1. The van der Waals surface area contributed by atoms with Crippen LogP contribution in [0, 0.1) is 25.5 Å². The quantitative estimate of drug-likeness (QED) is 0.252. The van der Waals surface area contributed by atoms with Crippen LogP contribution in [0.3, 0.4) is 0 Å². The van der Waals surface area contributed by atoms with Gasteiger partial charge in [-0.15, -0.1) is 0 Å². The van der Waals surface area contributed by atoms with Crippen molar-refractivity contribution in [3.63, 3.8) is 0 Å². The van der Waals surface area contributed by atoms with Crippen molar-refractivity contribution in [2.24, 2.45) is 0 Å². The number of nitrogens with zero attached hydrogens (tertiary/aromatic N) is 1. The van der Waals surface area contributed by atoms with Crippen LogP contribution in [0.25, 0.3) is 0 Å². The maximum absolute atomic E-state index is 12.9. The number of hydrogen-bond donors (Lipinski definition) is 3. The molecule has 0 aliphatic rings. The van der Waals surface area contributed by atoms with Crippen molar-refractivity contribution in [1.29, 1.82) is 0 Å². The zero-order valence-corrected chi connectivity index (χ0v) is 23.8. The van der Waals surface area contributed by atoms with Gasteiger partial charge in [-0.1, -0.05) is 32.0 Å². The molecule has 8 heteroatoms. The molecule has 0 radical (unpaired) electrons. The minimum atomic E-state index is -0.657. The Morgan fingerprint density at radius 2 is 1.43 bits per heavy atom. The van der Waals surface area contributed by atoms with Gasteiger partial charge in [0.1, 0.15) is 11.6 Å². The molecule has 0 saturated heterocycles. The fourth-order valence-electron chi connectivity index (χ4n) is 4.12. The van der Waals surface area contributed by atoms with E-state index in [9.17, 15) is 23.5 Å². The predicted molar refractivity (Wildman–Crippen MR) is 157 cm³/mol. The molecule has 0 bridgehead atoms. The molecular formula is C32H41F2N3O3. The Morgan fingerprint density at radius 1 is 0.850 bits per heavy atom. The molecule has 0 heterocycles. The van der Waals surface area contributed by atoms with Gasteiger partial charge in [-0.2, -0.15) is 0 Å². The summed E-state index contributed by atoms with van der Waals surface area (Å²) in [5, 5.41) is 16.2. The van der Waals surface area contributed by atoms with E-state index in [1.165, 1.54) is 12.1 Å². The predicted octanol–water partition coefficient (Wildman–Crippen LogP) is 6.12. The summed E-state index contributed by atoms with van der Waals surface area (Å²) in [6.07, 6.45) is 1.63. The van der Waals surface area contributed by atoms with Gasteiger partial charge in [0.05, 0.1) is 6.10 Å². The van der Waals surface area contributed by atoms with Crippen LogP contribution < -0.4 is 10.6 Å². The number of carbonyl (C=O) groups is 2. The lowest BCUT2D eigenvalue weighted by Crippen LogP contribution is -2.34. The minimum Gasteiger partial charge on any atom is -0.391 e. The molecule has 0 saturated carbocycles. The van der Waals surface area contributed by atoms with Crippen molar-refractivity contribution in [2.75, 3.05) is 31.5 Å². The Labute approximate surface area is 236 Å². The first-order valence-corrected chi connectivity index (χ1v) is 13.7. The zero-order chi connectivity index (χ0) is 29.5. The summed E-state index contributed by atoms with van der Waals surface area (Å²) >= 11 is 0. The lowest BCUT2D eigenvalue weighted by atomic mass is 10.0. The first kappa shape index (κ1) is 32.4. The van der Waals surface area contributed by atoms with Gasteiger partial charge in [-0.3, -0.25) is 9.59 Å². The Hall–Kier alpha value is -3.78. The fraction of sp³-hybridized carbons (Fsp3) is 0.375. The van der Waals surface area contributed by atoms with E-state index in [4.69, 9.17) is 0 Å². The second-order valence-electron chi connectivity index (χ2n) is 9.77. The van der Waals surface area contributed by atoms with E-state index in [1.54, 1.807) is 19.1 Å². The van der Waals surface area contributed by atoms with E-state index in [2.05, 4.69) is 10.6 Å². The van der Waals surface area contributed by atoms with Crippen LogP contribution in [0.5, 0.6) is 0 Å². The highest BCUT2D eigenvalue weighted by Crippen LogP contribution is 2.14. The Balaban J connectivity index is 0.000000526. The Bertz CT molecular complexity index is 1160. The molecule has 40 heavy (non-hydrogen) atoms. The number of benzene rings is 3. The molecule has 3 aromatic carbocycles. The summed E-state index contributed by atoms with van der Waals surface area (Å²) in [5.41, 5.74) is 3.42. The Morgan fingerprint density at radius 3 is 2.00 bits per heavy atom. The molecule has 3 N–H and O–H groups in total. The van der Waals surface area contributed by atoms with Crippen molar-refractivity contribution in [1.82, 2.24) is 10.2 Å². The molecule has 0 fully saturated rings. The standard InChI is InChI=1S/C25H35N3O3.C7H6F2/c1-4-13-28(14-5-2)25(31)21-16-19(3)15-20(17-21)24(30)27-18-23(29)11-12-26-22-9-7-6-8-10-22;1-5-2-6(8)4-7(9)3-5/h6-10,15-17,23,26,29H,4-5,11-14,18H2,1-3H3,(H,27,30);2-4H,1H3. The smallest absolute Gasteiger partial charge is 0.253 e. The molecule has 1 unspecified atom stereocenters. The number of aliphatic hydroxyl groups excluding tert-OH is 1. The maximum atomic E-state index is 12.9. The first-order valence-electron chi connectivity index (χ1n) is 13.7. The van der Waals surface area contributed by atoms with Gasteiger partial charge in [0, 0.05) is 49.1 Å². The lowest BCUT2D eigenvalue weighted by molar-refractivity contribution is 0.0755. The molecule has 216 valence electrons. The highest BCUT2D eigenvalue weighted by atomic mass is 19.1. The third-order valence-electron chi connectivity index (χ3n) is 5.95. The largest absolute Gasteiger partial charge is 0.391 e. The molecule has 6 nitrogen and oxygen atoms in total. The van der Waals surface area contributed by atoms with Crippen LogP contribution in [0.2, 0.25) is 0 Å². The summed E-state index contributed by atoms with van der Waals surface area (Å²) < 4.78 is 24.4. The maximum Gasteiger partial charge on any atom is 0.253 e. The monoisotopic (exact) mass is 553 g/mol. The van der Waals surface area contributed by atoms with E-state index in [0.29, 0.717) is 42.7 Å². The van der Waals surface area contributed by atoms with Crippen molar-refractivity contribution < 1.29 is 23.5 Å². The summed E-state index contributed by atoms with van der Waals surface area (Å²) in [7, 11) is 0. The fourth-order valence-corrected chi connectivity index (χ4v) is 4.12. The van der Waals surface area contributed by atoms with Gasteiger partial charge in [0.15, 0.2) is 0 Å². The minimum absolute atomic E-state index is 0.0477. The number of aryl methyl sites for hydroxylation is 2. The zero-order valence-electron chi connectivity index (χ0n) is 23.8. The highest BCUT2D eigenvalue weighted by molar-refractivity contribution is 6.00. The number of aliphatic hydroxyl groups is 1. The van der Waals surface area contributed by atoms with Gasteiger partial charge < -0.3 is 20.6 Å². The van der Waals surface area contributed by atoms with Gasteiger partial charge in [0.25, 0.3) is 11.8 Å². The number of amides is 2. The van der Waals surface area contributed by atoms with Gasteiger partial charge >= 0.3 is 0 Å². The van der Waals surface area contributed by atoms with Crippen LogP contribution in [0.1, 0.15) is 65.0 Å². The van der Waals surface area contributed by atoms with Crippen molar-refractivity contribution in [2.45, 2.75) is 53.1 Å². The number of carbonyl (C=O) groups excluding carboxylic acids is 2. The molecule has 0 aromatic heterocycles. The number of halogens is 2. The molecular weight excluding hydrogens is 512 g/mol. The van der Waals surface area contributed by atoms with E-state index in [1.807, 2.05) is 62.1 Å². The number of rotatable bonds is 12. The Kier molecular flexibility index (Phi) is 13.8. The molecule has 1 atom stereocenters. The molecule has 3 aromatic rings. The average Bonchev–Trinajstić information content (AvgIpc) is 2.91. The molecule has 0 aliphatic carbocycles. The van der Waals surface area contributed by atoms with E-state index >= 15 is 0 Å². The van der Waals surface area contributed by atoms with Crippen LogP contribution >= 0.6 is 0 Å². The van der Waals surface area contributed by atoms with Crippen molar-refractivity contribution in [3.05, 3.63) is 101 Å². The number of anilines is 1. The van der Waals surface area contributed by atoms with Crippen molar-refractivity contribution in [3.8, 4) is 0 Å². The van der Waals surface area contributed by atoms with Crippen molar-refractivity contribution >= 4 is 17.5 Å². The second kappa shape index (κ2) is 17.0. The topological polar surface area (TPSA) is 81.7 Å². The number of nitrogens with one attached hydrogen (secondary N) is 2. The van der Waals surface area contributed by atoms with Gasteiger partial charge in [0.2, 0.25) is 0 Å². The third-order valence-corrected chi connectivity index (χ3v) is 5.95. The van der Waals surface area contributed by atoms with Crippen LogP contribution in [0.4, 0.5) is 14.5 Å². The van der Waals surface area contributed by atoms with Crippen LogP contribution in [0.15, 0.2) is 66.7 Å². The molecule has 2 amide bonds. The summed E-state index contributed by atoms with van der Waals surface area (Å²) in [4.78, 5) is 27.4. The van der Waals surface area contributed by atoms with Gasteiger partial charge in [-0.25, -0.2) is 8.78 Å². The SMILES string of the molecule is CCCN(CCC)C(=O)c1cc(C)cc(C(=O)NCC(O)CCNc2ccccc2)c1.Cc1cc(F)cc(F)c1. The summed E-state index contributed by atoms with van der Waals surface area (Å²) in [6, 6.07) is 18.4. The van der Waals surface area contributed by atoms with Crippen LogP contribution in [-0.4, -0.2) is 54.1 Å². The summed E-state index contributed by atoms with van der Waals surface area (Å²) in [5.74, 6) is -1.38. The summed E-state index contributed by atoms with van der Waals surface area (Å²) in [6.45, 7) is 9.78. The normalized spacial score (nSPS) is 11.2. The van der Waals surface area contributed by atoms with Gasteiger partial charge in [-0.05, 0) is 86.7 Å². The number of hydrogen-bond acceptors (Lipinski definition) is 4. The second-order valence-corrected chi connectivity index (χ2v) is 9.77. The molecule has 0 aliphatic heterocycles. The molecule has 0 spiro atoms. The molecule has 3 rings (SSSR count). The van der Waals surface area contributed by atoms with Crippen LogP contribution in [-0.2, 0) is 0 Å². The van der Waals surface area contributed by atoms with E-state index in [-0.39, 0.29) is 18.4 Å². The van der Waals surface area contributed by atoms with E-state index < -0.39 is 17.7 Å². The third kappa shape index (κ3) is 11.5. The highest BCUT2D eigenvalue weighted by Gasteiger charge is 2.17. The first-order chi connectivity index (χ1) is 19.1. The lowest BCUT2D eigenvalue weighted by Gasteiger charge is -2.22.